The van der Waals surface area contributed by atoms with Crippen LogP contribution in [0, 0.1) is 5.41 Å². The molecule has 0 saturated carbocycles. The van der Waals surface area contributed by atoms with Gasteiger partial charge < -0.3 is 5.32 Å². The summed E-state index contributed by atoms with van der Waals surface area (Å²) in [6.45, 7) is 5.39. The molecule has 0 spiro atoms. The maximum atomic E-state index is 12.8. The molecule has 2 aromatic rings. The van der Waals surface area contributed by atoms with Crippen molar-refractivity contribution in [2.45, 2.75) is 26.2 Å². The second kappa shape index (κ2) is 9.82. The molecule has 2 aromatic carbocycles. The predicted molar refractivity (Wildman–Crippen MR) is 120 cm³/mol. The van der Waals surface area contributed by atoms with E-state index in [-0.39, 0.29) is 5.41 Å². The van der Waals surface area contributed by atoms with Gasteiger partial charge >= 0.3 is 12.4 Å². The average Bonchev–Trinajstić information content (AvgIpc) is 2.76. The van der Waals surface area contributed by atoms with Crippen LogP contribution in [0.2, 0.25) is 0 Å². The van der Waals surface area contributed by atoms with E-state index in [1.165, 1.54) is 29.3 Å². The van der Waals surface area contributed by atoms with Crippen LogP contribution >= 0.6 is 0 Å². The number of rotatable bonds is 5. The third kappa shape index (κ3) is 7.29. The Balaban J connectivity index is 1.78. The second-order valence-corrected chi connectivity index (χ2v) is 8.57. The highest BCUT2D eigenvalue weighted by atomic mass is 19.4. The predicted octanol–water partition coefficient (Wildman–Crippen LogP) is 6.16. The molecule has 182 valence electrons. The third-order valence-corrected chi connectivity index (χ3v) is 4.97. The number of aliphatic imine (C=N–C) groups is 1. The number of hydrogen-bond donors (Lipinski definition) is 2. The molecule has 1 aliphatic rings. The molecule has 1 heterocycles. The maximum Gasteiger partial charge on any atom is 0.416 e. The normalized spacial score (nSPS) is 16.4. The van der Waals surface area contributed by atoms with Crippen LogP contribution in [0.25, 0.3) is 12.2 Å². The van der Waals surface area contributed by atoms with Gasteiger partial charge in [0.2, 0.25) is 5.96 Å². The Hall–Kier alpha value is -3.43. The maximum absolute atomic E-state index is 12.8. The van der Waals surface area contributed by atoms with E-state index in [9.17, 15) is 26.3 Å². The van der Waals surface area contributed by atoms with Gasteiger partial charge in [-0.1, -0.05) is 38.1 Å². The fourth-order valence-electron chi connectivity index (χ4n) is 2.95. The summed E-state index contributed by atoms with van der Waals surface area (Å²) in [4.78, 5) is 4.44. The minimum atomic E-state index is -4.42. The molecule has 0 unspecified atom stereocenters. The lowest BCUT2D eigenvalue weighted by molar-refractivity contribution is -0.138. The standard InChI is InChI=1S/C24H24F6N4/c1-22(2)15-31-21(32-16-22)33-34(13-11-17-3-7-19(8-4-17)23(25,26)27)14-12-18-5-9-20(10-6-18)24(28,29)30/h3-14H,15-16H2,1-2H3,(H2,31,32,33)/b13-11+,14-12+. The van der Waals surface area contributed by atoms with Gasteiger partial charge in [-0.25, -0.2) is 0 Å². The Morgan fingerprint density at radius 2 is 1.26 bits per heavy atom. The zero-order valence-electron chi connectivity index (χ0n) is 18.5. The minimum absolute atomic E-state index is 0.0118. The Morgan fingerprint density at radius 3 is 1.62 bits per heavy atom. The lowest BCUT2D eigenvalue weighted by Crippen LogP contribution is -2.50. The number of hydrogen-bond acceptors (Lipinski definition) is 4. The van der Waals surface area contributed by atoms with Crippen LogP contribution in [0.4, 0.5) is 26.3 Å². The number of benzene rings is 2. The first-order valence-electron chi connectivity index (χ1n) is 10.4. The number of alkyl halides is 6. The van der Waals surface area contributed by atoms with Crippen LogP contribution in [-0.4, -0.2) is 24.1 Å². The van der Waals surface area contributed by atoms with E-state index in [0.717, 1.165) is 24.3 Å². The molecule has 0 aliphatic carbocycles. The van der Waals surface area contributed by atoms with Gasteiger partial charge in [-0.05, 0) is 47.5 Å². The van der Waals surface area contributed by atoms with Crippen molar-refractivity contribution in [2.75, 3.05) is 13.1 Å². The van der Waals surface area contributed by atoms with Crippen molar-refractivity contribution in [1.82, 2.24) is 15.8 Å². The smallest absolute Gasteiger partial charge is 0.354 e. The van der Waals surface area contributed by atoms with Crippen LogP contribution < -0.4 is 10.7 Å². The van der Waals surface area contributed by atoms with Gasteiger partial charge in [-0.15, -0.1) is 0 Å². The molecule has 0 fully saturated rings. The van der Waals surface area contributed by atoms with E-state index >= 15 is 0 Å². The first-order valence-corrected chi connectivity index (χ1v) is 10.4. The molecule has 0 saturated heterocycles. The monoisotopic (exact) mass is 482 g/mol. The molecule has 4 nitrogen and oxygen atoms in total. The van der Waals surface area contributed by atoms with Crippen molar-refractivity contribution in [3.63, 3.8) is 0 Å². The summed E-state index contributed by atoms with van der Waals surface area (Å²) in [5.74, 6) is 0.494. The lowest BCUT2D eigenvalue weighted by Gasteiger charge is -2.31. The fraction of sp³-hybridized carbons (Fsp3) is 0.292. The zero-order chi connectivity index (χ0) is 25.0. The van der Waals surface area contributed by atoms with Crippen molar-refractivity contribution >= 4 is 18.1 Å². The van der Waals surface area contributed by atoms with Gasteiger partial charge in [0.1, 0.15) is 0 Å². The molecule has 0 aromatic heterocycles. The SMILES string of the molecule is CC1(C)CN=C(NN(/C=C/c2ccc(C(F)(F)F)cc2)/C=C/c2ccc(C(F)(F)F)cc2)NC1. The summed E-state index contributed by atoms with van der Waals surface area (Å²) in [5, 5.41) is 4.68. The molecule has 10 heteroatoms. The van der Waals surface area contributed by atoms with Crippen LogP contribution in [0.5, 0.6) is 0 Å². The van der Waals surface area contributed by atoms with E-state index in [1.54, 1.807) is 24.6 Å². The number of hydrazine groups is 1. The van der Waals surface area contributed by atoms with E-state index < -0.39 is 23.5 Å². The lowest BCUT2D eigenvalue weighted by atomic mass is 9.93. The van der Waals surface area contributed by atoms with Crippen molar-refractivity contribution in [2.24, 2.45) is 10.4 Å². The molecular weight excluding hydrogens is 458 g/mol. The molecular formula is C24H24F6N4. The largest absolute Gasteiger partial charge is 0.416 e. The molecule has 2 N–H and O–H groups in total. The summed E-state index contributed by atoms with van der Waals surface area (Å²) < 4.78 is 76.6. The van der Waals surface area contributed by atoms with Crippen molar-refractivity contribution < 1.29 is 26.3 Å². The van der Waals surface area contributed by atoms with E-state index in [1.807, 2.05) is 0 Å². The molecule has 1 aliphatic heterocycles. The van der Waals surface area contributed by atoms with Crippen LogP contribution in [0.3, 0.4) is 0 Å². The molecule has 0 bridgehead atoms. The van der Waals surface area contributed by atoms with Gasteiger partial charge in [-0.3, -0.25) is 15.4 Å². The summed E-state index contributed by atoms with van der Waals surface area (Å²) in [5.41, 5.74) is 2.60. The van der Waals surface area contributed by atoms with Crippen molar-refractivity contribution in [3.8, 4) is 0 Å². The van der Waals surface area contributed by atoms with E-state index in [2.05, 4.69) is 29.6 Å². The Labute approximate surface area is 193 Å². The number of nitrogens with zero attached hydrogens (tertiary/aromatic N) is 2. The fourth-order valence-corrected chi connectivity index (χ4v) is 2.95. The van der Waals surface area contributed by atoms with Gasteiger partial charge in [0, 0.05) is 30.9 Å². The van der Waals surface area contributed by atoms with E-state index in [4.69, 9.17) is 0 Å². The van der Waals surface area contributed by atoms with Gasteiger partial charge in [-0.2, -0.15) is 26.3 Å². The van der Waals surface area contributed by atoms with Crippen molar-refractivity contribution in [1.29, 1.82) is 0 Å². The van der Waals surface area contributed by atoms with Gasteiger partial charge in [0.25, 0.3) is 0 Å². The summed E-state index contributed by atoms with van der Waals surface area (Å²) in [7, 11) is 0. The van der Waals surface area contributed by atoms with Crippen molar-refractivity contribution in [3.05, 3.63) is 83.2 Å². The van der Waals surface area contributed by atoms with E-state index in [0.29, 0.717) is 30.2 Å². The van der Waals surface area contributed by atoms with Gasteiger partial charge in [0.15, 0.2) is 0 Å². The Bertz CT molecular complexity index is 981. The highest BCUT2D eigenvalue weighted by molar-refractivity contribution is 5.80. The number of guanidine groups is 1. The average molecular weight is 482 g/mol. The van der Waals surface area contributed by atoms with Crippen LogP contribution in [-0.2, 0) is 12.4 Å². The number of nitrogens with one attached hydrogen (secondary N) is 2. The number of halogens is 6. The van der Waals surface area contributed by atoms with Crippen LogP contribution in [0.15, 0.2) is 65.9 Å². The third-order valence-electron chi connectivity index (χ3n) is 4.97. The zero-order valence-corrected chi connectivity index (χ0v) is 18.5. The molecule has 3 rings (SSSR count). The Kier molecular flexibility index (Phi) is 7.28. The Morgan fingerprint density at radius 1 is 0.824 bits per heavy atom. The summed E-state index contributed by atoms with van der Waals surface area (Å²) >= 11 is 0. The quantitative estimate of drug-likeness (QED) is 0.396. The molecule has 0 amide bonds. The summed E-state index contributed by atoms with van der Waals surface area (Å²) in [6, 6.07) is 9.33. The second-order valence-electron chi connectivity index (χ2n) is 8.57. The van der Waals surface area contributed by atoms with Crippen LogP contribution in [0.1, 0.15) is 36.1 Å². The molecule has 0 radical (unpaired) electrons. The highest BCUT2D eigenvalue weighted by Gasteiger charge is 2.30. The first-order chi connectivity index (χ1) is 15.8. The first kappa shape index (κ1) is 25.2. The summed E-state index contributed by atoms with van der Waals surface area (Å²) in [6.07, 6.45) is -2.49. The highest BCUT2D eigenvalue weighted by Crippen LogP contribution is 2.30. The topological polar surface area (TPSA) is 39.7 Å². The molecule has 0 atom stereocenters. The molecule has 34 heavy (non-hydrogen) atoms. The minimum Gasteiger partial charge on any atom is -0.354 e. The van der Waals surface area contributed by atoms with Gasteiger partial charge in [0.05, 0.1) is 11.1 Å².